The van der Waals surface area contributed by atoms with Crippen molar-refractivity contribution in [1.82, 2.24) is 9.88 Å². The lowest BCUT2D eigenvalue weighted by Gasteiger charge is -2.11. The Bertz CT molecular complexity index is 535. The zero-order valence-corrected chi connectivity index (χ0v) is 12.1. The molecule has 0 aliphatic rings. The number of aryl methyl sites for hydroxylation is 1. The Morgan fingerprint density at radius 2 is 1.95 bits per heavy atom. The van der Waals surface area contributed by atoms with Gasteiger partial charge in [0.15, 0.2) is 0 Å². The number of anilines is 1. The Kier molecular flexibility index (Phi) is 4.74. The third-order valence-electron chi connectivity index (χ3n) is 3.24. The zero-order valence-electron chi connectivity index (χ0n) is 12.1. The first kappa shape index (κ1) is 13.8. The molecular weight excluding hydrogens is 234 g/mol. The predicted octanol–water partition coefficient (Wildman–Crippen LogP) is 3.30. The lowest BCUT2D eigenvalue weighted by atomic mass is 10.1. The van der Waals surface area contributed by atoms with Gasteiger partial charge in [-0.15, -0.1) is 0 Å². The molecule has 2 rings (SSSR count). The highest BCUT2D eigenvalue weighted by atomic mass is 15.0. The fraction of sp³-hybridized carbons (Fsp3) is 0.438. The number of pyridine rings is 1. The van der Waals surface area contributed by atoms with Gasteiger partial charge in [-0.25, -0.2) is 4.98 Å². The minimum absolute atomic E-state index is 0.986. The van der Waals surface area contributed by atoms with Gasteiger partial charge in [0.1, 0.15) is 5.82 Å². The van der Waals surface area contributed by atoms with Crippen molar-refractivity contribution in [2.75, 3.05) is 32.5 Å². The highest BCUT2D eigenvalue weighted by molar-refractivity contribution is 5.81. The fourth-order valence-electron chi connectivity index (χ4n) is 2.16. The van der Waals surface area contributed by atoms with Crippen LogP contribution in [0.2, 0.25) is 0 Å². The van der Waals surface area contributed by atoms with Gasteiger partial charge in [0.25, 0.3) is 0 Å². The van der Waals surface area contributed by atoms with Gasteiger partial charge in [0.05, 0.1) is 5.52 Å². The van der Waals surface area contributed by atoms with E-state index in [9.17, 15) is 0 Å². The third-order valence-corrected chi connectivity index (χ3v) is 3.24. The molecule has 1 aromatic heterocycles. The Balaban J connectivity index is 1.95. The van der Waals surface area contributed by atoms with Gasteiger partial charge >= 0.3 is 0 Å². The molecule has 1 aromatic carbocycles. The van der Waals surface area contributed by atoms with Crippen LogP contribution in [0.15, 0.2) is 30.3 Å². The van der Waals surface area contributed by atoms with Crippen molar-refractivity contribution >= 4 is 16.7 Å². The zero-order chi connectivity index (χ0) is 13.7. The van der Waals surface area contributed by atoms with Crippen LogP contribution in [0.3, 0.4) is 0 Å². The average Bonchev–Trinajstić information content (AvgIpc) is 2.38. The van der Waals surface area contributed by atoms with Gasteiger partial charge in [0.2, 0.25) is 0 Å². The highest BCUT2D eigenvalue weighted by Gasteiger charge is 2.02. The van der Waals surface area contributed by atoms with Gasteiger partial charge in [-0.1, -0.05) is 18.2 Å². The number of para-hydroxylation sites is 1. The van der Waals surface area contributed by atoms with Gasteiger partial charge in [-0.05, 0) is 58.1 Å². The molecule has 102 valence electrons. The first-order valence-electron chi connectivity index (χ1n) is 6.92. The normalized spacial score (nSPS) is 11.2. The minimum Gasteiger partial charge on any atom is -0.370 e. The summed E-state index contributed by atoms with van der Waals surface area (Å²) in [5, 5.41) is 4.66. The summed E-state index contributed by atoms with van der Waals surface area (Å²) < 4.78 is 0. The number of rotatable bonds is 6. The largest absolute Gasteiger partial charge is 0.370 e. The van der Waals surface area contributed by atoms with E-state index in [2.05, 4.69) is 60.5 Å². The molecule has 0 amide bonds. The van der Waals surface area contributed by atoms with Crippen molar-refractivity contribution in [2.24, 2.45) is 0 Å². The summed E-state index contributed by atoms with van der Waals surface area (Å²) >= 11 is 0. The molecule has 3 nitrogen and oxygen atoms in total. The van der Waals surface area contributed by atoms with Gasteiger partial charge in [0, 0.05) is 11.9 Å². The van der Waals surface area contributed by atoms with E-state index in [-0.39, 0.29) is 0 Å². The number of hydrogen-bond donors (Lipinski definition) is 1. The van der Waals surface area contributed by atoms with Crippen molar-refractivity contribution in [3.05, 3.63) is 35.9 Å². The monoisotopic (exact) mass is 257 g/mol. The quantitative estimate of drug-likeness (QED) is 0.805. The number of benzene rings is 1. The van der Waals surface area contributed by atoms with Crippen molar-refractivity contribution in [1.29, 1.82) is 0 Å². The highest BCUT2D eigenvalue weighted by Crippen LogP contribution is 2.19. The maximum absolute atomic E-state index is 4.69. The molecule has 0 unspecified atom stereocenters. The van der Waals surface area contributed by atoms with E-state index < -0.39 is 0 Å². The second-order valence-corrected chi connectivity index (χ2v) is 5.28. The van der Waals surface area contributed by atoms with E-state index in [0.29, 0.717) is 0 Å². The molecule has 3 heteroatoms. The third kappa shape index (κ3) is 3.93. The molecule has 0 aliphatic carbocycles. The molecular formula is C16H23N3. The van der Waals surface area contributed by atoms with Crippen LogP contribution >= 0.6 is 0 Å². The van der Waals surface area contributed by atoms with E-state index in [1.54, 1.807) is 0 Å². The maximum atomic E-state index is 4.69. The van der Waals surface area contributed by atoms with E-state index in [1.165, 1.54) is 23.8 Å². The molecule has 0 radical (unpaired) electrons. The second kappa shape index (κ2) is 6.53. The van der Waals surface area contributed by atoms with Crippen LogP contribution in [-0.4, -0.2) is 37.1 Å². The number of hydrogen-bond acceptors (Lipinski definition) is 3. The topological polar surface area (TPSA) is 28.2 Å². The summed E-state index contributed by atoms with van der Waals surface area (Å²) in [5.74, 6) is 1.02. The predicted molar refractivity (Wildman–Crippen MR) is 82.8 cm³/mol. The molecule has 0 saturated carbocycles. The van der Waals surface area contributed by atoms with Crippen molar-refractivity contribution in [3.63, 3.8) is 0 Å². The first-order valence-corrected chi connectivity index (χ1v) is 6.92. The SMILES string of the molecule is Cc1cc2ccccc2nc1NCCCCN(C)C. The molecule has 1 heterocycles. The van der Waals surface area contributed by atoms with Crippen LogP contribution in [0.1, 0.15) is 18.4 Å². The summed E-state index contributed by atoms with van der Waals surface area (Å²) in [5.41, 5.74) is 2.27. The number of nitrogens with one attached hydrogen (secondary N) is 1. The lowest BCUT2D eigenvalue weighted by molar-refractivity contribution is 0.396. The first-order chi connectivity index (χ1) is 9.16. The van der Waals surface area contributed by atoms with Gasteiger partial charge in [-0.2, -0.15) is 0 Å². The van der Waals surface area contributed by atoms with Gasteiger partial charge < -0.3 is 10.2 Å². The summed E-state index contributed by atoms with van der Waals surface area (Å²) in [6.45, 7) is 4.24. The average molecular weight is 257 g/mol. The molecule has 0 aliphatic heterocycles. The Hall–Kier alpha value is -1.61. The van der Waals surface area contributed by atoms with Crippen LogP contribution in [-0.2, 0) is 0 Å². The molecule has 2 aromatic rings. The molecule has 0 saturated heterocycles. The maximum Gasteiger partial charge on any atom is 0.129 e. The second-order valence-electron chi connectivity index (χ2n) is 5.28. The Morgan fingerprint density at radius 3 is 2.74 bits per heavy atom. The van der Waals surface area contributed by atoms with E-state index in [0.717, 1.165) is 24.4 Å². The van der Waals surface area contributed by atoms with Crippen LogP contribution in [0, 0.1) is 6.92 Å². The molecule has 19 heavy (non-hydrogen) atoms. The summed E-state index contributed by atoms with van der Waals surface area (Å²) in [7, 11) is 4.23. The number of unbranched alkanes of at least 4 members (excludes halogenated alkanes) is 1. The minimum atomic E-state index is 0.986. The van der Waals surface area contributed by atoms with Crippen molar-refractivity contribution in [3.8, 4) is 0 Å². The molecule has 0 fully saturated rings. The van der Waals surface area contributed by atoms with Crippen molar-refractivity contribution in [2.45, 2.75) is 19.8 Å². The van der Waals surface area contributed by atoms with E-state index in [4.69, 9.17) is 0 Å². The number of nitrogens with zero attached hydrogens (tertiary/aromatic N) is 2. The van der Waals surface area contributed by atoms with Gasteiger partial charge in [-0.3, -0.25) is 0 Å². The van der Waals surface area contributed by atoms with Crippen LogP contribution < -0.4 is 5.32 Å². The summed E-state index contributed by atoms with van der Waals surface area (Å²) in [4.78, 5) is 6.91. The standard InChI is InChI=1S/C16H23N3/c1-13-12-14-8-4-5-9-15(14)18-16(13)17-10-6-7-11-19(2)3/h4-5,8-9,12H,6-7,10-11H2,1-3H3,(H,17,18). The number of aromatic nitrogens is 1. The van der Waals surface area contributed by atoms with Crippen LogP contribution in [0.25, 0.3) is 10.9 Å². The molecule has 0 atom stereocenters. The van der Waals surface area contributed by atoms with Crippen molar-refractivity contribution < 1.29 is 0 Å². The van der Waals surface area contributed by atoms with E-state index >= 15 is 0 Å². The Morgan fingerprint density at radius 1 is 1.16 bits per heavy atom. The van der Waals surface area contributed by atoms with Crippen LogP contribution in [0.4, 0.5) is 5.82 Å². The Labute approximate surface area is 115 Å². The molecule has 0 spiro atoms. The summed E-state index contributed by atoms with van der Waals surface area (Å²) in [6, 6.07) is 10.5. The molecule has 0 bridgehead atoms. The van der Waals surface area contributed by atoms with E-state index in [1.807, 2.05) is 6.07 Å². The fourth-order valence-corrected chi connectivity index (χ4v) is 2.16. The summed E-state index contributed by atoms with van der Waals surface area (Å²) in [6.07, 6.45) is 2.39. The lowest BCUT2D eigenvalue weighted by Crippen LogP contribution is -2.14. The molecule has 1 N–H and O–H groups in total. The smallest absolute Gasteiger partial charge is 0.129 e. The van der Waals surface area contributed by atoms with Crippen LogP contribution in [0.5, 0.6) is 0 Å². The number of fused-ring (bicyclic) bond motifs is 1.